The topological polar surface area (TPSA) is 41.8 Å². The van der Waals surface area contributed by atoms with Crippen LogP contribution in [0.1, 0.15) is 12.5 Å². The molecule has 1 fully saturated rings. The van der Waals surface area contributed by atoms with Crippen molar-refractivity contribution in [1.82, 2.24) is 4.31 Å². The molecule has 1 heterocycles. The van der Waals surface area contributed by atoms with E-state index in [1.54, 1.807) is 10.4 Å². The molecule has 5 heteroatoms. The van der Waals surface area contributed by atoms with Gasteiger partial charge < -0.3 is 4.90 Å². The summed E-state index contributed by atoms with van der Waals surface area (Å²) in [5, 5.41) is 1.32. The number of hydrogen-bond donors (Lipinski definition) is 1. The number of nitrogens with one attached hydrogen (secondary N) is 1. The van der Waals surface area contributed by atoms with Crippen LogP contribution in [0, 0.1) is 0 Å². The Morgan fingerprint density at radius 2 is 1.84 bits per heavy atom. The molecule has 1 aliphatic rings. The van der Waals surface area contributed by atoms with Gasteiger partial charge in [0.05, 0.1) is 32.7 Å². The lowest BCUT2D eigenvalue weighted by Gasteiger charge is -2.29. The lowest BCUT2D eigenvalue weighted by Crippen LogP contribution is -3.14. The van der Waals surface area contributed by atoms with Crippen molar-refractivity contribution in [3.8, 4) is 0 Å². The summed E-state index contributed by atoms with van der Waals surface area (Å²) in [6, 6.07) is 9.50. The Labute approximate surface area is 115 Å². The predicted octanol–water partition coefficient (Wildman–Crippen LogP) is 0.208. The van der Waals surface area contributed by atoms with Gasteiger partial charge in [-0.3, -0.25) is 0 Å². The van der Waals surface area contributed by atoms with E-state index in [-0.39, 0.29) is 0 Å². The van der Waals surface area contributed by atoms with Crippen molar-refractivity contribution in [1.29, 1.82) is 0 Å². The zero-order chi connectivity index (χ0) is 13.7. The molecule has 1 aromatic carbocycles. The summed E-state index contributed by atoms with van der Waals surface area (Å²) in [6.45, 7) is 6.22. The molecule has 0 saturated carbocycles. The second-order valence-corrected chi connectivity index (χ2v) is 6.58. The number of benzene rings is 1. The quantitative estimate of drug-likeness (QED) is 0.857. The summed E-state index contributed by atoms with van der Waals surface area (Å²) >= 11 is 0. The Kier molecular flexibility index (Phi) is 4.74. The van der Waals surface area contributed by atoms with Crippen molar-refractivity contribution in [3.63, 3.8) is 0 Å². The Morgan fingerprint density at radius 1 is 1.21 bits per heavy atom. The van der Waals surface area contributed by atoms with Gasteiger partial charge >= 0.3 is 0 Å². The summed E-state index contributed by atoms with van der Waals surface area (Å²) in [5.41, 5.74) is 0.906. The zero-order valence-electron chi connectivity index (χ0n) is 11.2. The van der Waals surface area contributed by atoms with E-state index in [1.165, 1.54) is 10.3 Å². The zero-order valence-corrected chi connectivity index (χ0v) is 12.1. The first kappa shape index (κ1) is 14.2. The van der Waals surface area contributed by atoms with Crippen molar-refractivity contribution in [2.45, 2.75) is 6.92 Å². The molecular formula is C14H21N2O2S+. The Morgan fingerprint density at radius 3 is 2.42 bits per heavy atom. The van der Waals surface area contributed by atoms with Crippen molar-refractivity contribution in [2.75, 3.05) is 32.7 Å². The number of piperazine rings is 1. The Balaban J connectivity index is 2.01. The third-order valence-corrected chi connectivity index (χ3v) is 5.09. The standard InChI is InChI=1S/C14H20N2O2S/c1-2-15-9-11-16(12-10-15)19(17,18)13-8-14-6-4-3-5-7-14/h3-8,13H,2,9-12H2,1H3/p+1. The van der Waals surface area contributed by atoms with Gasteiger partial charge in [-0.25, -0.2) is 8.42 Å². The monoisotopic (exact) mass is 281 g/mol. The van der Waals surface area contributed by atoms with Crippen LogP contribution in [0.2, 0.25) is 0 Å². The van der Waals surface area contributed by atoms with E-state index in [4.69, 9.17) is 0 Å². The molecule has 0 radical (unpaired) electrons. The molecule has 0 atom stereocenters. The number of likely N-dealkylation sites (N-methyl/N-ethyl adjacent to an activating group) is 1. The number of nitrogens with zero attached hydrogens (tertiary/aromatic N) is 1. The van der Waals surface area contributed by atoms with Crippen LogP contribution in [0.3, 0.4) is 0 Å². The normalized spacial score (nSPS) is 19.0. The fourth-order valence-electron chi connectivity index (χ4n) is 2.23. The minimum absolute atomic E-state index is 0.616. The molecule has 1 saturated heterocycles. The van der Waals surface area contributed by atoms with Crippen LogP contribution in [0.15, 0.2) is 35.7 Å². The average molecular weight is 281 g/mol. The van der Waals surface area contributed by atoms with Crippen molar-refractivity contribution >= 4 is 16.1 Å². The predicted molar refractivity (Wildman–Crippen MR) is 77.2 cm³/mol. The molecule has 0 aliphatic carbocycles. The van der Waals surface area contributed by atoms with Crippen LogP contribution < -0.4 is 4.90 Å². The van der Waals surface area contributed by atoms with Gasteiger partial charge in [-0.05, 0) is 18.6 Å². The van der Waals surface area contributed by atoms with Gasteiger partial charge in [-0.2, -0.15) is 4.31 Å². The highest BCUT2D eigenvalue weighted by atomic mass is 32.2. The molecule has 1 N–H and O–H groups in total. The van der Waals surface area contributed by atoms with E-state index in [0.29, 0.717) is 13.1 Å². The maximum Gasteiger partial charge on any atom is 0.236 e. The third-order valence-electron chi connectivity index (χ3n) is 3.52. The molecule has 0 spiro atoms. The summed E-state index contributed by atoms with van der Waals surface area (Å²) < 4.78 is 25.9. The Bertz CT molecular complexity index is 518. The summed E-state index contributed by atoms with van der Waals surface area (Å²) in [5.74, 6) is 0. The highest BCUT2D eigenvalue weighted by molar-refractivity contribution is 7.92. The van der Waals surface area contributed by atoms with Crippen LogP contribution in [-0.4, -0.2) is 45.4 Å². The van der Waals surface area contributed by atoms with Gasteiger partial charge in [-0.15, -0.1) is 0 Å². The maximum absolute atomic E-state index is 12.2. The number of sulfonamides is 1. The first-order valence-corrected chi connectivity index (χ1v) is 8.19. The van der Waals surface area contributed by atoms with Gasteiger partial charge in [0, 0.05) is 5.41 Å². The lowest BCUT2D eigenvalue weighted by molar-refractivity contribution is -0.901. The summed E-state index contributed by atoms with van der Waals surface area (Å²) in [4.78, 5) is 1.47. The van der Waals surface area contributed by atoms with Crippen LogP contribution in [0.4, 0.5) is 0 Å². The fraction of sp³-hybridized carbons (Fsp3) is 0.429. The van der Waals surface area contributed by atoms with Gasteiger partial charge in [0.1, 0.15) is 0 Å². The molecule has 19 heavy (non-hydrogen) atoms. The van der Waals surface area contributed by atoms with E-state index < -0.39 is 10.0 Å². The van der Waals surface area contributed by atoms with Crippen LogP contribution >= 0.6 is 0 Å². The number of rotatable bonds is 4. The van der Waals surface area contributed by atoms with E-state index in [0.717, 1.165) is 25.2 Å². The second-order valence-electron chi connectivity index (χ2n) is 4.76. The van der Waals surface area contributed by atoms with E-state index in [1.807, 2.05) is 30.3 Å². The average Bonchev–Trinajstić information content (AvgIpc) is 2.46. The molecule has 1 aliphatic heterocycles. The van der Waals surface area contributed by atoms with Gasteiger partial charge in [0.2, 0.25) is 10.0 Å². The highest BCUT2D eigenvalue weighted by Crippen LogP contribution is 2.08. The third kappa shape index (κ3) is 3.89. The van der Waals surface area contributed by atoms with Crippen molar-refractivity contribution in [2.24, 2.45) is 0 Å². The first-order valence-electron chi connectivity index (χ1n) is 6.68. The van der Waals surface area contributed by atoms with Gasteiger partial charge in [0.15, 0.2) is 0 Å². The molecule has 0 aromatic heterocycles. The summed E-state index contributed by atoms with van der Waals surface area (Å²) in [7, 11) is -3.27. The number of quaternary nitrogens is 1. The van der Waals surface area contributed by atoms with Gasteiger partial charge in [-0.1, -0.05) is 30.3 Å². The number of hydrogen-bond acceptors (Lipinski definition) is 2. The molecule has 0 unspecified atom stereocenters. The van der Waals surface area contributed by atoms with Gasteiger partial charge in [0.25, 0.3) is 0 Å². The van der Waals surface area contributed by atoms with Crippen molar-refractivity contribution < 1.29 is 13.3 Å². The Hall–Kier alpha value is -1.17. The molecule has 0 bridgehead atoms. The lowest BCUT2D eigenvalue weighted by atomic mass is 10.2. The van der Waals surface area contributed by atoms with Crippen LogP contribution in [0.25, 0.3) is 6.08 Å². The smallest absolute Gasteiger partial charge is 0.236 e. The molecular weight excluding hydrogens is 260 g/mol. The molecule has 2 rings (SSSR count). The summed E-state index contributed by atoms with van der Waals surface area (Å²) in [6.07, 6.45) is 1.66. The van der Waals surface area contributed by atoms with Crippen LogP contribution in [-0.2, 0) is 10.0 Å². The molecule has 0 amide bonds. The van der Waals surface area contributed by atoms with E-state index in [9.17, 15) is 8.42 Å². The largest absolute Gasteiger partial charge is 0.333 e. The minimum Gasteiger partial charge on any atom is -0.333 e. The molecule has 104 valence electrons. The second kappa shape index (κ2) is 6.32. The SMILES string of the molecule is CC[NH+]1CCN(S(=O)(=O)C=Cc2ccccc2)CC1. The van der Waals surface area contributed by atoms with Crippen molar-refractivity contribution in [3.05, 3.63) is 41.3 Å². The van der Waals surface area contributed by atoms with E-state index in [2.05, 4.69) is 6.92 Å². The minimum atomic E-state index is -3.27. The van der Waals surface area contributed by atoms with Crippen LogP contribution in [0.5, 0.6) is 0 Å². The molecule has 1 aromatic rings. The first-order chi connectivity index (χ1) is 9.12. The highest BCUT2D eigenvalue weighted by Gasteiger charge is 2.26. The maximum atomic E-state index is 12.2. The van der Waals surface area contributed by atoms with E-state index >= 15 is 0 Å². The molecule has 4 nitrogen and oxygen atoms in total. The fourth-order valence-corrected chi connectivity index (χ4v) is 3.42.